The average Bonchev–Trinajstić information content (AvgIpc) is 3.54. The normalized spacial score (nSPS) is 26.0. The molecule has 67 heavy (non-hydrogen) atoms. The van der Waals surface area contributed by atoms with Gasteiger partial charge in [0.1, 0.15) is 47.7 Å². The third-order valence-corrected chi connectivity index (χ3v) is 11.6. The summed E-state index contributed by atoms with van der Waals surface area (Å²) in [5.74, 6) is -4.81. The van der Waals surface area contributed by atoms with E-state index in [1.165, 1.54) is 19.2 Å². The quantitative estimate of drug-likeness (QED) is 0.0641. The van der Waals surface area contributed by atoms with Crippen LogP contribution in [-0.4, -0.2) is 128 Å². The molecule has 2 saturated heterocycles. The fourth-order valence-corrected chi connectivity index (χ4v) is 8.80. The van der Waals surface area contributed by atoms with Crippen molar-refractivity contribution >= 4 is 39.8 Å². The molecule has 4 aromatic rings. The summed E-state index contributed by atoms with van der Waals surface area (Å²) in [6.07, 6.45) is -15.0. The predicted molar refractivity (Wildman–Crippen MR) is 231 cm³/mol. The summed E-state index contributed by atoms with van der Waals surface area (Å²) in [5, 5.41) is 0. The lowest BCUT2D eigenvalue weighted by Gasteiger charge is -2.50. The average molecular weight is 948 g/mol. The molecule has 1 N–H and O–H groups in total. The third-order valence-electron chi connectivity index (χ3n) is 10.9. The van der Waals surface area contributed by atoms with E-state index in [1.807, 2.05) is 30.3 Å². The fraction of sp³-hybridized carbons (Fsp3) is 0.383. The van der Waals surface area contributed by atoms with E-state index in [1.54, 1.807) is 66.7 Å². The number of amides is 2. The number of rotatable bonds is 18. The topological polar surface area (TPSA) is 235 Å². The standard InChI is InChI=1S/C47H49NO18S/c1-27(49)60-40-37(26-67(54,55)56)65-47(43(62-29(3)51)42(40)61-28(2)50)66-39-36(25-58-23-30-13-7-5-8-14-30)64-46(63-33-21-19-32(57-4)20-22-33)38(41(39)59-24-31-15-9-6-10-16-31)48-44(52)34-17-11-12-18-35(34)45(48)53/h5-22,36-43,46-47H,23-26H2,1-4H3,(H,54,55,56)/t36-,37-,38-,39-,40-,41-,42+,43-,46-,47+/m1/s1. The van der Waals surface area contributed by atoms with E-state index in [2.05, 4.69) is 0 Å². The van der Waals surface area contributed by atoms with Crippen LogP contribution in [0.5, 0.6) is 11.5 Å². The Labute approximate surface area is 385 Å². The predicted octanol–water partition coefficient (Wildman–Crippen LogP) is 4.06. The highest BCUT2D eigenvalue weighted by Crippen LogP contribution is 2.39. The van der Waals surface area contributed by atoms with Crippen LogP contribution in [0, 0.1) is 0 Å². The van der Waals surface area contributed by atoms with Gasteiger partial charge in [-0.05, 0) is 47.5 Å². The van der Waals surface area contributed by atoms with Crippen molar-refractivity contribution < 1.29 is 84.3 Å². The number of carbonyl (C=O) groups is 5. The maximum absolute atomic E-state index is 14.5. The van der Waals surface area contributed by atoms with Crippen molar-refractivity contribution in [3.8, 4) is 11.5 Å². The van der Waals surface area contributed by atoms with Crippen LogP contribution in [0.3, 0.4) is 0 Å². The first-order chi connectivity index (χ1) is 32.1. The molecule has 0 spiro atoms. The minimum Gasteiger partial charge on any atom is -0.497 e. The summed E-state index contributed by atoms with van der Waals surface area (Å²) in [7, 11) is -3.44. The van der Waals surface area contributed by atoms with Gasteiger partial charge in [-0.15, -0.1) is 0 Å². The molecular weight excluding hydrogens is 899 g/mol. The van der Waals surface area contributed by atoms with Crippen LogP contribution in [0.25, 0.3) is 0 Å². The lowest BCUT2D eigenvalue weighted by molar-refractivity contribution is -0.347. The third kappa shape index (κ3) is 12.0. The van der Waals surface area contributed by atoms with Gasteiger partial charge >= 0.3 is 17.9 Å². The second-order valence-corrected chi connectivity index (χ2v) is 17.2. The molecule has 19 nitrogen and oxygen atoms in total. The number of carbonyl (C=O) groups excluding carboxylic acids is 5. The van der Waals surface area contributed by atoms with Gasteiger partial charge in [0.2, 0.25) is 6.29 Å². The Morgan fingerprint density at radius 3 is 1.67 bits per heavy atom. The van der Waals surface area contributed by atoms with E-state index in [0.29, 0.717) is 11.3 Å². The van der Waals surface area contributed by atoms with Crippen LogP contribution in [0.4, 0.5) is 0 Å². The molecule has 3 aliphatic rings. The Morgan fingerprint density at radius 1 is 0.612 bits per heavy atom. The minimum atomic E-state index is -4.94. The van der Waals surface area contributed by atoms with Crippen molar-refractivity contribution in [2.24, 2.45) is 0 Å². The van der Waals surface area contributed by atoms with Gasteiger partial charge in [-0.25, -0.2) is 0 Å². The molecule has 0 aromatic heterocycles. The van der Waals surface area contributed by atoms with Crippen LogP contribution in [0.2, 0.25) is 0 Å². The monoisotopic (exact) mass is 947 g/mol. The van der Waals surface area contributed by atoms with Crippen molar-refractivity contribution in [3.63, 3.8) is 0 Å². The van der Waals surface area contributed by atoms with E-state index < -0.39 is 107 Å². The number of imide groups is 1. The first-order valence-corrected chi connectivity index (χ1v) is 22.7. The maximum atomic E-state index is 14.5. The van der Waals surface area contributed by atoms with E-state index in [4.69, 9.17) is 47.4 Å². The van der Waals surface area contributed by atoms with Gasteiger partial charge < -0.3 is 47.4 Å². The van der Waals surface area contributed by atoms with Crippen LogP contribution >= 0.6 is 0 Å². The molecule has 0 bridgehead atoms. The molecular formula is C47H49NO18S. The lowest BCUT2D eigenvalue weighted by Crippen LogP contribution is -2.70. The van der Waals surface area contributed by atoms with Gasteiger partial charge in [-0.2, -0.15) is 8.42 Å². The highest BCUT2D eigenvalue weighted by Gasteiger charge is 2.59. The van der Waals surface area contributed by atoms with Gasteiger partial charge in [0, 0.05) is 20.8 Å². The van der Waals surface area contributed by atoms with E-state index in [9.17, 15) is 36.9 Å². The molecule has 3 aliphatic heterocycles. The second-order valence-electron chi connectivity index (χ2n) is 15.7. The lowest BCUT2D eigenvalue weighted by atomic mass is 9.93. The molecule has 10 atom stereocenters. The van der Waals surface area contributed by atoms with Gasteiger partial charge in [0.15, 0.2) is 24.6 Å². The van der Waals surface area contributed by atoms with Crippen molar-refractivity contribution in [2.75, 3.05) is 19.5 Å². The highest BCUT2D eigenvalue weighted by molar-refractivity contribution is 7.85. The number of hydrogen-bond acceptors (Lipinski definition) is 17. The van der Waals surface area contributed by atoms with Gasteiger partial charge in [-0.1, -0.05) is 72.8 Å². The Balaban J connectivity index is 1.38. The first kappa shape index (κ1) is 48.7. The number of fused-ring (bicyclic) bond motifs is 1. The number of nitrogens with zero attached hydrogens (tertiary/aromatic N) is 1. The molecule has 4 aromatic carbocycles. The Kier molecular flexibility index (Phi) is 15.7. The highest BCUT2D eigenvalue weighted by atomic mass is 32.2. The van der Waals surface area contributed by atoms with Crippen LogP contribution in [-0.2, 0) is 75.6 Å². The zero-order valence-electron chi connectivity index (χ0n) is 36.7. The molecule has 20 heteroatoms. The largest absolute Gasteiger partial charge is 0.497 e. The Morgan fingerprint density at radius 2 is 1.12 bits per heavy atom. The van der Waals surface area contributed by atoms with Crippen molar-refractivity contribution in [1.29, 1.82) is 0 Å². The minimum absolute atomic E-state index is 0.0554. The first-order valence-electron chi connectivity index (χ1n) is 21.1. The van der Waals surface area contributed by atoms with Crippen LogP contribution < -0.4 is 9.47 Å². The molecule has 0 radical (unpaired) electrons. The zero-order valence-corrected chi connectivity index (χ0v) is 37.6. The van der Waals surface area contributed by atoms with E-state index >= 15 is 0 Å². The molecule has 356 valence electrons. The number of methoxy groups -OCH3 is 1. The molecule has 0 aliphatic carbocycles. The van der Waals surface area contributed by atoms with Crippen molar-refractivity contribution in [2.45, 2.75) is 95.3 Å². The molecule has 0 unspecified atom stereocenters. The second kappa shape index (κ2) is 21.6. The summed E-state index contributed by atoms with van der Waals surface area (Å²) in [6, 6.07) is 29.2. The molecule has 3 heterocycles. The summed E-state index contributed by atoms with van der Waals surface area (Å²) in [4.78, 5) is 68.0. The summed E-state index contributed by atoms with van der Waals surface area (Å²) in [5.41, 5.74) is 1.60. The number of esters is 3. The van der Waals surface area contributed by atoms with Crippen molar-refractivity contribution in [1.82, 2.24) is 4.90 Å². The van der Waals surface area contributed by atoms with Crippen molar-refractivity contribution in [3.05, 3.63) is 131 Å². The maximum Gasteiger partial charge on any atom is 0.303 e. The number of benzene rings is 4. The number of hydrogen-bond donors (Lipinski definition) is 1. The van der Waals surface area contributed by atoms with Gasteiger partial charge in [0.25, 0.3) is 21.9 Å². The summed E-state index contributed by atoms with van der Waals surface area (Å²) in [6.45, 7) is 2.63. The van der Waals surface area contributed by atoms with E-state index in [-0.39, 0.29) is 36.7 Å². The molecule has 2 amide bonds. The number of ether oxygens (including phenoxy) is 10. The smallest absolute Gasteiger partial charge is 0.303 e. The van der Waals surface area contributed by atoms with Gasteiger partial charge in [0.05, 0.1) is 38.1 Å². The SMILES string of the molecule is COc1ccc(O[C@@H]2O[C@H](COCc3ccccc3)[C@@H](O[C@@H]3O[C@H](CS(=O)(=O)O)[C@@H](OC(C)=O)[C@H](OC(C)=O)[C@H]3OC(C)=O)[C@H](OCc3ccccc3)[C@H]2N2C(=O)c3ccccc3C2=O)cc1. The molecule has 2 fully saturated rings. The Bertz CT molecular complexity index is 2450. The van der Waals surface area contributed by atoms with Crippen LogP contribution in [0.1, 0.15) is 52.6 Å². The molecule has 0 saturated carbocycles. The Hall–Kier alpha value is -6.26. The summed E-state index contributed by atoms with van der Waals surface area (Å²) < 4.78 is 96.4. The molecule has 7 rings (SSSR count). The fourth-order valence-electron chi connectivity index (χ4n) is 8.11. The van der Waals surface area contributed by atoms with Gasteiger partial charge in [-0.3, -0.25) is 33.4 Å². The van der Waals surface area contributed by atoms with Crippen LogP contribution in [0.15, 0.2) is 109 Å². The summed E-state index contributed by atoms with van der Waals surface area (Å²) >= 11 is 0. The van der Waals surface area contributed by atoms with E-state index in [0.717, 1.165) is 31.2 Å². The zero-order chi connectivity index (χ0) is 47.8.